The molecule has 0 spiro atoms. The fourth-order valence-electron chi connectivity index (χ4n) is 15.5. The molecular formula is C47H78O17. The Morgan fingerprint density at radius 2 is 1.28 bits per heavy atom. The summed E-state index contributed by atoms with van der Waals surface area (Å²) >= 11 is 0. The summed E-state index contributed by atoms with van der Waals surface area (Å²) in [6, 6.07) is 0. The van der Waals surface area contributed by atoms with Gasteiger partial charge >= 0.3 is 0 Å². The molecular weight excluding hydrogens is 836 g/mol. The van der Waals surface area contributed by atoms with Crippen LogP contribution in [0.15, 0.2) is 12.2 Å². The zero-order chi connectivity index (χ0) is 46.6. The molecule has 0 radical (unpaired) electrons. The molecule has 3 aliphatic heterocycles. The van der Waals surface area contributed by atoms with Crippen molar-refractivity contribution in [1.82, 2.24) is 0 Å². The van der Waals surface area contributed by atoms with Crippen molar-refractivity contribution in [1.29, 1.82) is 0 Å². The van der Waals surface area contributed by atoms with Gasteiger partial charge in [-0.2, -0.15) is 0 Å². The average Bonchev–Trinajstić information content (AvgIpc) is 3.65. The molecule has 0 aromatic carbocycles. The van der Waals surface area contributed by atoms with Gasteiger partial charge < -0.3 is 84.6 Å². The number of rotatable bonds is 10. The van der Waals surface area contributed by atoms with Crippen molar-refractivity contribution in [3.8, 4) is 0 Å². The first-order valence-corrected chi connectivity index (χ1v) is 23.9. The van der Waals surface area contributed by atoms with E-state index in [-0.39, 0.29) is 46.5 Å². The van der Waals surface area contributed by atoms with E-state index in [1.54, 1.807) is 0 Å². The quantitative estimate of drug-likeness (QED) is 0.103. The highest BCUT2D eigenvalue weighted by molar-refractivity contribution is 5.23. The zero-order valence-electron chi connectivity index (χ0n) is 38.4. The standard InChI is InChI=1S/C47H78O17/c1-21(2)23-10-15-47(17-16-45(6)24(30(23)47)8-9-28-43(4)13-12-29(50)44(5,20-49)27(43)11-14-46(28,45)7)64-42-37(57)34(54)32(52)26(62-42)19-59-40-38(58)35(55)39(25(18-48)61-40)63-41-36(56)33(53)31(51)22(3)60-41/h22-42,48-58H,1,8-20H2,2-7H3/t22-,23-,24+,25+,26+,27+,28+,29-,30+,31-,32+,33+,34-,35+,36+,37+,38+,39+,40+,41-,42-,43-,44-,45+,46+,47-/m0/s1. The second-order valence-electron chi connectivity index (χ2n) is 22.4. The maximum absolute atomic E-state index is 11.5. The van der Waals surface area contributed by atoms with Gasteiger partial charge in [0.05, 0.1) is 37.6 Å². The summed E-state index contributed by atoms with van der Waals surface area (Å²) in [7, 11) is 0. The molecule has 3 heterocycles. The summed E-state index contributed by atoms with van der Waals surface area (Å²) in [4.78, 5) is 0. The summed E-state index contributed by atoms with van der Waals surface area (Å²) in [5, 5.41) is 119. The Kier molecular flexibility index (Phi) is 13.8. The summed E-state index contributed by atoms with van der Waals surface area (Å²) in [5.41, 5.74) is -0.334. The lowest BCUT2D eigenvalue weighted by Crippen LogP contribution is -2.69. The molecule has 17 nitrogen and oxygen atoms in total. The molecule has 0 aromatic rings. The lowest BCUT2D eigenvalue weighted by molar-refractivity contribution is -0.368. The molecule has 5 aliphatic carbocycles. The maximum atomic E-state index is 11.5. The van der Waals surface area contributed by atoms with Crippen molar-refractivity contribution < 1.29 is 84.6 Å². The van der Waals surface area contributed by atoms with E-state index in [1.807, 2.05) is 0 Å². The van der Waals surface area contributed by atoms with Gasteiger partial charge in [0.2, 0.25) is 0 Å². The smallest absolute Gasteiger partial charge is 0.187 e. The van der Waals surface area contributed by atoms with Crippen molar-refractivity contribution in [3.63, 3.8) is 0 Å². The summed E-state index contributed by atoms with van der Waals surface area (Å²) in [6.07, 6.45) is -14.7. The van der Waals surface area contributed by atoms with Gasteiger partial charge in [-0.05, 0) is 124 Å². The molecule has 17 heteroatoms. The Bertz CT molecular complexity index is 1670. The Hall–Kier alpha value is -0.940. The highest BCUT2D eigenvalue weighted by Crippen LogP contribution is 2.77. The summed E-state index contributed by atoms with van der Waals surface area (Å²) in [6.45, 7) is 16.2. The second kappa shape index (κ2) is 17.8. The third-order valence-corrected chi connectivity index (χ3v) is 19.5. The average molecular weight is 915 g/mol. The van der Waals surface area contributed by atoms with Crippen molar-refractivity contribution >= 4 is 0 Å². The van der Waals surface area contributed by atoms with E-state index in [1.165, 1.54) is 6.92 Å². The number of hydrogen-bond acceptors (Lipinski definition) is 17. The highest BCUT2D eigenvalue weighted by Gasteiger charge is 2.72. The molecule has 8 aliphatic rings. The normalized spacial score (nSPS) is 57.5. The van der Waals surface area contributed by atoms with Gasteiger partial charge in [0.25, 0.3) is 0 Å². The van der Waals surface area contributed by atoms with Crippen LogP contribution in [0.4, 0.5) is 0 Å². The largest absolute Gasteiger partial charge is 0.396 e. The number of fused-ring (bicyclic) bond motifs is 7. The lowest BCUT2D eigenvalue weighted by Gasteiger charge is -2.73. The van der Waals surface area contributed by atoms with Gasteiger partial charge in [-0.3, -0.25) is 0 Å². The number of allylic oxidation sites excluding steroid dienone is 1. The maximum Gasteiger partial charge on any atom is 0.187 e. The number of ether oxygens (including phenoxy) is 6. The first-order chi connectivity index (χ1) is 30.0. The molecule has 8 fully saturated rings. The minimum atomic E-state index is -1.79. The topological polar surface area (TPSA) is 278 Å². The first-order valence-electron chi connectivity index (χ1n) is 23.9. The minimum absolute atomic E-state index is 0.0200. The van der Waals surface area contributed by atoms with Crippen LogP contribution in [0.1, 0.15) is 106 Å². The first kappa shape index (κ1) is 49.5. The SMILES string of the molecule is C=C(C)[C@@H]1CC[C@]2(O[C@@H]3O[C@H](CO[C@@H]4O[C@H](CO)[C@@H](O[C@@H]5O[C@@H](C)[C@H](O)[C@@H](O)[C@H]5O)[C@H](O)[C@H]4O)[C@@H](O)[C@H](O)[C@H]3O)CC[C@]3(C)[C@H](CC[C@@H]4[C@@]5(C)CC[C@H](O)[C@@](C)(CO)[C@@H]5CC[C@]43C)[C@@H]12. The van der Waals surface area contributed by atoms with E-state index in [0.717, 1.165) is 50.5 Å². The molecule has 368 valence electrons. The van der Waals surface area contributed by atoms with Gasteiger partial charge in [0.15, 0.2) is 18.9 Å². The number of hydrogen-bond donors (Lipinski definition) is 11. The van der Waals surface area contributed by atoms with E-state index in [4.69, 9.17) is 28.4 Å². The van der Waals surface area contributed by atoms with Crippen LogP contribution in [-0.4, -0.2) is 180 Å². The van der Waals surface area contributed by atoms with Crippen molar-refractivity contribution in [2.45, 2.75) is 210 Å². The van der Waals surface area contributed by atoms with Crippen LogP contribution in [0.5, 0.6) is 0 Å². The van der Waals surface area contributed by atoms with Crippen LogP contribution < -0.4 is 0 Å². The van der Waals surface area contributed by atoms with E-state index < -0.39 is 122 Å². The van der Waals surface area contributed by atoms with E-state index in [0.29, 0.717) is 25.2 Å². The molecule has 0 unspecified atom stereocenters. The summed E-state index contributed by atoms with van der Waals surface area (Å²) < 4.78 is 36.2. The summed E-state index contributed by atoms with van der Waals surface area (Å²) in [5.74, 6) is 1.04. The van der Waals surface area contributed by atoms with Gasteiger partial charge in [0, 0.05) is 5.41 Å². The third-order valence-electron chi connectivity index (χ3n) is 19.5. The fraction of sp³-hybridized carbons (Fsp3) is 0.957. The molecule has 0 amide bonds. The van der Waals surface area contributed by atoms with Crippen LogP contribution in [0.25, 0.3) is 0 Å². The number of aliphatic hydroxyl groups excluding tert-OH is 11. The van der Waals surface area contributed by atoms with Crippen LogP contribution in [0.2, 0.25) is 0 Å². The van der Waals surface area contributed by atoms with Gasteiger partial charge in [-0.1, -0.05) is 39.8 Å². The van der Waals surface area contributed by atoms with E-state index in [9.17, 15) is 56.2 Å². The molecule has 11 N–H and O–H groups in total. The Balaban J connectivity index is 0.977. The van der Waals surface area contributed by atoms with Crippen LogP contribution >= 0.6 is 0 Å². The minimum Gasteiger partial charge on any atom is -0.396 e. The molecule has 0 bridgehead atoms. The predicted octanol–water partition coefficient (Wildman–Crippen LogP) is 0.222. The second-order valence-corrected chi connectivity index (χ2v) is 22.4. The molecule has 5 saturated carbocycles. The van der Waals surface area contributed by atoms with E-state index in [2.05, 4.69) is 41.2 Å². The Morgan fingerprint density at radius 3 is 1.95 bits per heavy atom. The van der Waals surface area contributed by atoms with Crippen LogP contribution in [0.3, 0.4) is 0 Å². The van der Waals surface area contributed by atoms with Crippen LogP contribution in [-0.2, 0) is 28.4 Å². The van der Waals surface area contributed by atoms with Crippen molar-refractivity contribution in [2.24, 2.45) is 51.2 Å². The monoisotopic (exact) mass is 915 g/mol. The lowest BCUT2D eigenvalue weighted by atomic mass is 9.32. The fourth-order valence-corrected chi connectivity index (χ4v) is 15.5. The molecule has 8 rings (SSSR count). The van der Waals surface area contributed by atoms with Gasteiger partial charge in [0.1, 0.15) is 67.1 Å². The van der Waals surface area contributed by atoms with Crippen LogP contribution in [0, 0.1) is 51.2 Å². The predicted molar refractivity (Wildman–Crippen MR) is 225 cm³/mol. The highest BCUT2D eigenvalue weighted by atomic mass is 16.8. The zero-order valence-corrected chi connectivity index (χ0v) is 38.4. The number of aliphatic hydroxyl groups is 11. The van der Waals surface area contributed by atoms with Crippen molar-refractivity contribution in [2.75, 3.05) is 19.8 Å². The molecule has 26 atom stereocenters. The van der Waals surface area contributed by atoms with E-state index >= 15 is 0 Å². The Labute approximate surface area is 376 Å². The third kappa shape index (κ3) is 7.53. The Morgan fingerprint density at radius 1 is 0.625 bits per heavy atom. The van der Waals surface area contributed by atoms with Gasteiger partial charge in [-0.15, -0.1) is 0 Å². The molecule has 3 saturated heterocycles. The molecule has 0 aromatic heterocycles. The molecule has 64 heavy (non-hydrogen) atoms. The van der Waals surface area contributed by atoms with Gasteiger partial charge in [-0.25, -0.2) is 0 Å². The van der Waals surface area contributed by atoms with Crippen molar-refractivity contribution in [3.05, 3.63) is 12.2 Å².